The molecular formula is C11H11N3O6S. The second kappa shape index (κ2) is 5.05. The number of nitro benzene ring substituents is 1. The van der Waals surface area contributed by atoms with E-state index in [2.05, 4.69) is 4.98 Å². The largest absolute Gasteiger partial charge is 0.500 e. The normalized spacial score (nSPS) is 11.3. The lowest BCUT2D eigenvalue weighted by molar-refractivity contribution is -0.385. The van der Waals surface area contributed by atoms with Crippen LogP contribution in [0.25, 0.3) is 11.4 Å². The molecule has 1 aromatic heterocycles. The van der Waals surface area contributed by atoms with Crippen molar-refractivity contribution in [1.29, 1.82) is 0 Å². The summed E-state index contributed by atoms with van der Waals surface area (Å²) in [6.07, 6.45) is 3.45. The molecule has 0 amide bonds. The lowest BCUT2D eigenvalue weighted by Crippen LogP contribution is -2.10. The molecule has 1 heterocycles. The van der Waals surface area contributed by atoms with E-state index in [1.165, 1.54) is 25.6 Å². The van der Waals surface area contributed by atoms with E-state index in [-0.39, 0.29) is 17.1 Å². The number of hydrogen-bond acceptors (Lipinski definition) is 7. The van der Waals surface area contributed by atoms with Gasteiger partial charge in [0.25, 0.3) is 0 Å². The Bertz CT molecular complexity index is 811. The highest BCUT2D eigenvalue weighted by atomic mass is 32.2. The zero-order valence-electron chi connectivity index (χ0n) is 11.0. The molecule has 0 spiro atoms. The first-order chi connectivity index (χ1) is 9.75. The van der Waals surface area contributed by atoms with Gasteiger partial charge in [-0.2, -0.15) is 0 Å². The molecule has 0 bridgehead atoms. The van der Waals surface area contributed by atoms with E-state index in [9.17, 15) is 23.6 Å². The Morgan fingerprint density at radius 1 is 1.43 bits per heavy atom. The van der Waals surface area contributed by atoms with Crippen molar-refractivity contribution in [3.05, 3.63) is 34.6 Å². The number of nitrogens with zero attached hydrogens (tertiary/aromatic N) is 3. The van der Waals surface area contributed by atoms with Gasteiger partial charge >= 0.3 is 5.69 Å². The zero-order chi connectivity index (χ0) is 15.8. The number of methoxy groups -OCH3 is 1. The van der Waals surface area contributed by atoms with Crippen LogP contribution >= 0.6 is 0 Å². The summed E-state index contributed by atoms with van der Waals surface area (Å²) >= 11 is 0. The number of aromatic hydroxyl groups is 1. The van der Waals surface area contributed by atoms with Crippen LogP contribution in [0.1, 0.15) is 0 Å². The summed E-state index contributed by atoms with van der Waals surface area (Å²) in [5.41, 5.74) is -0.473. The quantitative estimate of drug-likeness (QED) is 0.658. The topological polar surface area (TPSA) is 125 Å². The Hall–Kier alpha value is -2.62. The lowest BCUT2D eigenvalue weighted by atomic mass is 10.1. The van der Waals surface area contributed by atoms with Gasteiger partial charge < -0.3 is 9.84 Å². The first kappa shape index (κ1) is 14.8. The third-order valence-electron chi connectivity index (χ3n) is 2.69. The van der Waals surface area contributed by atoms with Gasteiger partial charge in [-0.3, -0.25) is 10.1 Å². The molecular weight excluding hydrogens is 302 g/mol. The summed E-state index contributed by atoms with van der Waals surface area (Å²) < 4.78 is 29.0. The fourth-order valence-electron chi connectivity index (χ4n) is 1.78. The number of phenols is 1. The lowest BCUT2D eigenvalue weighted by Gasteiger charge is -2.09. The average molecular weight is 313 g/mol. The van der Waals surface area contributed by atoms with Gasteiger partial charge in [0.2, 0.25) is 15.8 Å². The van der Waals surface area contributed by atoms with Crippen LogP contribution in [0.5, 0.6) is 11.5 Å². The molecule has 0 aliphatic rings. The van der Waals surface area contributed by atoms with Crippen LogP contribution in [0.4, 0.5) is 5.69 Å². The minimum absolute atomic E-state index is 0.0149. The summed E-state index contributed by atoms with van der Waals surface area (Å²) in [6.45, 7) is 0. The van der Waals surface area contributed by atoms with Crippen LogP contribution in [-0.2, 0) is 10.0 Å². The molecule has 0 atom stereocenters. The third kappa shape index (κ3) is 2.65. The van der Waals surface area contributed by atoms with Gasteiger partial charge in [-0.1, -0.05) is 0 Å². The number of ether oxygens (including phenoxy) is 1. The zero-order valence-corrected chi connectivity index (χ0v) is 11.9. The third-order valence-corrected chi connectivity index (χ3v) is 3.70. The second-order valence-corrected chi connectivity index (χ2v) is 5.97. The van der Waals surface area contributed by atoms with E-state index in [1.54, 1.807) is 0 Å². The van der Waals surface area contributed by atoms with Crippen LogP contribution in [0.3, 0.4) is 0 Å². The van der Waals surface area contributed by atoms with Gasteiger partial charge in [0.05, 0.1) is 18.3 Å². The molecule has 1 aromatic carbocycles. The van der Waals surface area contributed by atoms with Crippen LogP contribution in [0.2, 0.25) is 0 Å². The molecule has 1 N–H and O–H groups in total. The summed E-state index contributed by atoms with van der Waals surface area (Å²) in [7, 11) is -2.39. The number of benzene rings is 1. The maximum absolute atomic E-state index is 11.6. The van der Waals surface area contributed by atoms with Crippen molar-refractivity contribution in [2.24, 2.45) is 0 Å². The molecule has 10 heteroatoms. The van der Waals surface area contributed by atoms with Crippen LogP contribution in [-0.4, -0.2) is 40.8 Å². The molecule has 21 heavy (non-hydrogen) atoms. The van der Waals surface area contributed by atoms with E-state index in [4.69, 9.17) is 4.74 Å². The van der Waals surface area contributed by atoms with Gasteiger partial charge in [0.15, 0.2) is 11.6 Å². The maximum Gasteiger partial charge on any atom is 0.315 e. The van der Waals surface area contributed by atoms with Gasteiger partial charge in [-0.05, 0) is 6.07 Å². The highest BCUT2D eigenvalue weighted by Gasteiger charge is 2.23. The van der Waals surface area contributed by atoms with E-state index in [0.29, 0.717) is 0 Å². The van der Waals surface area contributed by atoms with Crippen LogP contribution in [0, 0.1) is 10.1 Å². The first-order valence-electron chi connectivity index (χ1n) is 5.55. The minimum atomic E-state index is -3.62. The molecule has 0 aliphatic heterocycles. The fourth-order valence-corrected chi connectivity index (χ4v) is 2.52. The Labute approximate surface area is 119 Å². The molecule has 2 rings (SSSR count). The number of hydrogen-bond donors (Lipinski definition) is 1. The predicted octanol–water partition coefficient (Wildman–Crippen LogP) is 0.980. The van der Waals surface area contributed by atoms with E-state index < -0.39 is 26.4 Å². The molecule has 2 aromatic rings. The Morgan fingerprint density at radius 3 is 2.62 bits per heavy atom. The SMILES string of the molecule is COc1cc(-c2nccn2S(C)(=O)=O)cc([N+](=O)[O-])c1O. The van der Waals surface area contributed by atoms with Gasteiger partial charge in [0.1, 0.15) is 0 Å². The average Bonchev–Trinajstić information content (AvgIpc) is 2.87. The van der Waals surface area contributed by atoms with Gasteiger partial charge in [-0.25, -0.2) is 17.4 Å². The number of aromatic nitrogens is 2. The molecule has 0 aliphatic carbocycles. The minimum Gasteiger partial charge on any atom is -0.500 e. The van der Waals surface area contributed by atoms with Gasteiger partial charge in [-0.15, -0.1) is 0 Å². The van der Waals surface area contributed by atoms with E-state index in [0.717, 1.165) is 16.3 Å². The van der Waals surface area contributed by atoms with Crippen molar-refractivity contribution in [1.82, 2.24) is 8.96 Å². The predicted molar refractivity (Wildman–Crippen MR) is 72.8 cm³/mol. The molecule has 0 saturated heterocycles. The summed E-state index contributed by atoms with van der Waals surface area (Å²) in [6, 6.07) is 2.30. The molecule has 0 saturated carbocycles. The monoisotopic (exact) mass is 313 g/mol. The van der Waals surface area contributed by atoms with Crippen molar-refractivity contribution in [3.8, 4) is 22.9 Å². The second-order valence-electron chi connectivity index (χ2n) is 4.11. The Balaban J connectivity index is 2.74. The van der Waals surface area contributed by atoms with Crippen molar-refractivity contribution >= 4 is 15.7 Å². The fraction of sp³-hybridized carbons (Fsp3) is 0.182. The molecule has 112 valence electrons. The van der Waals surface area contributed by atoms with Crippen LogP contribution in [0.15, 0.2) is 24.5 Å². The van der Waals surface area contributed by atoms with Crippen LogP contribution < -0.4 is 4.74 Å². The van der Waals surface area contributed by atoms with Crippen molar-refractivity contribution in [2.75, 3.05) is 13.4 Å². The molecule has 0 unspecified atom stereocenters. The smallest absolute Gasteiger partial charge is 0.315 e. The van der Waals surface area contributed by atoms with E-state index in [1.807, 2.05) is 0 Å². The summed E-state index contributed by atoms with van der Waals surface area (Å²) in [4.78, 5) is 14.0. The summed E-state index contributed by atoms with van der Waals surface area (Å²) in [5.74, 6) is -0.801. The molecule has 0 fully saturated rings. The number of imidazole rings is 1. The highest BCUT2D eigenvalue weighted by molar-refractivity contribution is 7.89. The van der Waals surface area contributed by atoms with Crippen molar-refractivity contribution in [2.45, 2.75) is 0 Å². The standard InChI is InChI=1S/C11H11N3O6S/c1-20-9-6-7(5-8(10(9)15)14(16)17)11-12-3-4-13(11)21(2,18)19/h3-6,15H,1-2H3. The highest BCUT2D eigenvalue weighted by Crippen LogP contribution is 2.39. The summed E-state index contributed by atoms with van der Waals surface area (Å²) in [5, 5.41) is 20.6. The number of phenolic OH excluding ortho intramolecular Hbond substituents is 1. The van der Waals surface area contributed by atoms with Crippen molar-refractivity contribution in [3.63, 3.8) is 0 Å². The number of rotatable bonds is 4. The molecule has 9 nitrogen and oxygen atoms in total. The van der Waals surface area contributed by atoms with Crippen molar-refractivity contribution < 1.29 is 23.2 Å². The Morgan fingerprint density at radius 2 is 2.10 bits per heavy atom. The maximum atomic E-state index is 11.6. The first-order valence-corrected chi connectivity index (χ1v) is 7.40. The van der Waals surface area contributed by atoms with Gasteiger partial charge in [0, 0.05) is 24.0 Å². The van der Waals surface area contributed by atoms with E-state index >= 15 is 0 Å². The number of nitro groups is 1. The Kier molecular flexibility index (Phi) is 3.56. The molecule has 0 radical (unpaired) electrons.